The molecule has 0 N–H and O–H groups in total. The van der Waals surface area contributed by atoms with Crippen LogP contribution in [-0.4, -0.2) is 23.9 Å². The molecule has 0 aliphatic rings. The summed E-state index contributed by atoms with van der Waals surface area (Å²) in [5.41, 5.74) is 8.60. The molecule has 0 saturated heterocycles. The highest BCUT2D eigenvalue weighted by Gasteiger charge is 2.26. The second-order valence-corrected chi connectivity index (χ2v) is 12.4. The van der Waals surface area contributed by atoms with E-state index >= 15 is 0 Å². The molecule has 0 aliphatic heterocycles. The van der Waals surface area contributed by atoms with Gasteiger partial charge in [0.25, 0.3) is 0 Å². The van der Waals surface area contributed by atoms with E-state index in [1.54, 1.807) is 6.20 Å². The fraction of sp³-hybridized carbons (Fsp3) is 0. The van der Waals surface area contributed by atoms with E-state index in [0.717, 1.165) is 27.7 Å². The molecule has 48 heavy (non-hydrogen) atoms. The average Bonchev–Trinajstić information content (AvgIpc) is 3.79. The molecule has 0 radical (unpaired) electrons. The van der Waals surface area contributed by atoms with Gasteiger partial charge in [-0.2, -0.15) is 10.2 Å². The van der Waals surface area contributed by atoms with E-state index in [1.165, 1.54) is 59.6 Å². The van der Waals surface area contributed by atoms with Gasteiger partial charge in [-0.1, -0.05) is 78.9 Å². The zero-order valence-electron chi connectivity index (χ0n) is 25.4. The molecule has 5 aromatic heterocycles. The minimum Gasteiger partial charge on any atom is -0.308 e. The Labute approximate surface area is 272 Å². The molecule has 0 atom stereocenters. The second-order valence-electron chi connectivity index (χ2n) is 12.4. The molecular weight excluding hydrogens is 589 g/mol. The van der Waals surface area contributed by atoms with Crippen molar-refractivity contribution in [1.82, 2.24) is 23.9 Å². The molecule has 11 aromatic rings. The Morgan fingerprint density at radius 1 is 0.542 bits per heavy atom. The highest BCUT2D eigenvalue weighted by atomic mass is 15.2. The fourth-order valence-corrected chi connectivity index (χ4v) is 7.96. The molecule has 0 spiro atoms. The maximum atomic E-state index is 9.46. The SMILES string of the molecule is N#Cc1ccc(-c2nc(-n3c4ccc5ccccc5c4c4c5c6ccccc6n6c7ccccc7c(cc43)c56)nc3ncccc23)cc1. The van der Waals surface area contributed by atoms with Crippen LogP contribution in [0.15, 0.2) is 134 Å². The summed E-state index contributed by atoms with van der Waals surface area (Å²) in [5, 5.41) is 19.9. The normalized spacial score (nSPS) is 12.1. The van der Waals surface area contributed by atoms with Crippen LogP contribution in [0.3, 0.4) is 0 Å². The third-order valence-electron chi connectivity index (χ3n) is 9.94. The van der Waals surface area contributed by atoms with Crippen molar-refractivity contribution >= 4 is 81.7 Å². The first-order chi connectivity index (χ1) is 23.8. The third-order valence-corrected chi connectivity index (χ3v) is 9.94. The van der Waals surface area contributed by atoms with Crippen LogP contribution in [0.5, 0.6) is 0 Å². The molecule has 220 valence electrons. The van der Waals surface area contributed by atoms with Crippen molar-refractivity contribution in [2.45, 2.75) is 0 Å². The minimum absolute atomic E-state index is 0.553. The number of pyridine rings is 1. The Bertz CT molecular complexity index is 3180. The van der Waals surface area contributed by atoms with E-state index in [4.69, 9.17) is 15.0 Å². The summed E-state index contributed by atoms with van der Waals surface area (Å²) < 4.78 is 4.66. The van der Waals surface area contributed by atoms with E-state index in [1.807, 2.05) is 36.4 Å². The van der Waals surface area contributed by atoms with Gasteiger partial charge in [-0.15, -0.1) is 0 Å². The monoisotopic (exact) mass is 610 g/mol. The minimum atomic E-state index is 0.553. The number of para-hydroxylation sites is 2. The summed E-state index contributed by atoms with van der Waals surface area (Å²) in [4.78, 5) is 15.2. The van der Waals surface area contributed by atoms with Crippen LogP contribution in [0.2, 0.25) is 0 Å². The fourth-order valence-electron chi connectivity index (χ4n) is 7.96. The Morgan fingerprint density at radius 2 is 1.27 bits per heavy atom. The molecule has 0 aliphatic carbocycles. The Balaban J connectivity index is 1.39. The van der Waals surface area contributed by atoms with Gasteiger partial charge in [0.2, 0.25) is 5.95 Å². The molecule has 6 nitrogen and oxygen atoms in total. The summed E-state index contributed by atoms with van der Waals surface area (Å²) in [5.74, 6) is 0.553. The van der Waals surface area contributed by atoms with Gasteiger partial charge >= 0.3 is 0 Å². The second kappa shape index (κ2) is 9.12. The number of nitrogens with zero attached hydrogens (tertiary/aromatic N) is 6. The van der Waals surface area contributed by atoms with Gasteiger partial charge in [0.1, 0.15) is 0 Å². The smallest absolute Gasteiger partial charge is 0.237 e. The van der Waals surface area contributed by atoms with Gasteiger partial charge in [-0.3, -0.25) is 4.57 Å². The summed E-state index contributed by atoms with van der Waals surface area (Å²) in [7, 11) is 0. The molecule has 0 bridgehead atoms. The third kappa shape index (κ3) is 3.17. The Hall–Kier alpha value is -6.84. The molecule has 0 fully saturated rings. The van der Waals surface area contributed by atoms with E-state index in [2.05, 4.69) is 106 Å². The molecule has 6 aromatic carbocycles. The largest absolute Gasteiger partial charge is 0.308 e. The van der Waals surface area contributed by atoms with Crippen LogP contribution >= 0.6 is 0 Å². The number of fused-ring (bicyclic) bond motifs is 13. The van der Waals surface area contributed by atoms with Crippen molar-refractivity contribution in [2.75, 3.05) is 0 Å². The van der Waals surface area contributed by atoms with Crippen molar-refractivity contribution in [3.8, 4) is 23.3 Å². The van der Waals surface area contributed by atoms with Crippen molar-refractivity contribution < 1.29 is 0 Å². The number of nitriles is 1. The number of hydrogen-bond acceptors (Lipinski definition) is 4. The first kappa shape index (κ1) is 25.4. The molecule has 0 saturated carbocycles. The predicted octanol–water partition coefficient (Wildman–Crippen LogP) is 9.96. The van der Waals surface area contributed by atoms with Crippen LogP contribution in [0.25, 0.3) is 98.9 Å². The molecular formula is C42H22N6. The summed E-state index contributed by atoms with van der Waals surface area (Å²) in [6.45, 7) is 0. The zero-order chi connectivity index (χ0) is 31.5. The van der Waals surface area contributed by atoms with Gasteiger partial charge < -0.3 is 4.40 Å². The van der Waals surface area contributed by atoms with Gasteiger partial charge in [-0.05, 0) is 59.3 Å². The lowest BCUT2D eigenvalue weighted by molar-refractivity contribution is 1.01. The lowest BCUT2D eigenvalue weighted by Gasteiger charge is -2.11. The highest BCUT2D eigenvalue weighted by molar-refractivity contribution is 6.38. The number of benzene rings is 6. The van der Waals surface area contributed by atoms with Crippen molar-refractivity contribution in [3.05, 3.63) is 139 Å². The van der Waals surface area contributed by atoms with Crippen molar-refractivity contribution in [2.24, 2.45) is 0 Å². The maximum absolute atomic E-state index is 9.46. The quantitative estimate of drug-likeness (QED) is 0.195. The van der Waals surface area contributed by atoms with Crippen molar-refractivity contribution in [3.63, 3.8) is 0 Å². The van der Waals surface area contributed by atoms with Crippen LogP contribution in [0.4, 0.5) is 0 Å². The van der Waals surface area contributed by atoms with Gasteiger partial charge in [0.15, 0.2) is 5.65 Å². The maximum Gasteiger partial charge on any atom is 0.237 e. The lowest BCUT2D eigenvalue weighted by Crippen LogP contribution is -2.04. The topological polar surface area (TPSA) is 71.8 Å². The van der Waals surface area contributed by atoms with E-state index in [0.29, 0.717) is 17.2 Å². The van der Waals surface area contributed by atoms with Crippen LogP contribution in [-0.2, 0) is 0 Å². The van der Waals surface area contributed by atoms with Crippen molar-refractivity contribution in [1.29, 1.82) is 5.26 Å². The highest BCUT2D eigenvalue weighted by Crippen LogP contribution is 2.47. The molecule has 5 heterocycles. The Morgan fingerprint density at radius 3 is 2.10 bits per heavy atom. The van der Waals surface area contributed by atoms with E-state index in [9.17, 15) is 5.26 Å². The first-order valence-electron chi connectivity index (χ1n) is 15.9. The molecule has 0 unspecified atom stereocenters. The molecule has 6 heteroatoms. The molecule has 11 rings (SSSR count). The predicted molar refractivity (Wildman–Crippen MR) is 194 cm³/mol. The Kier molecular flexibility index (Phi) is 4.82. The number of rotatable bonds is 2. The van der Waals surface area contributed by atoms with Gasteiger partial charge in [0, 0.05) is 49.5 Å². The summed E-state index contributed by atoms with van der Waals surface area (Å²) in [6, 6.07) is 46.5. The van der Waals surface area contributed by atoms with Crippen LogP contribution in [0.1, 0.15) is 5.56 Å². The first-order valence-corrected chi connectivity index (χ1v) is 15.9. The van der Waals surface area contributed by atoms with Crippen LogP contribution < -0.4 is 0 Å². The lowest BCUT2D eigenvalue weighted by atomic mass is 9.99. The number of hydrogen-bond donors (Lipinski definition) is 0. The van der Waals surface area contributed by atoms with Gasteiger partial charge in [-0.25, -0.2) is 9.97 Å². The van der Waals surface area contributed by atoms with E-state index in [-0.39, 0.29) is 0 Å². The van der Waals surface area contributed by atoms with E-state index < -0.39 is 0 Å². The standard InChI is InChI=1S/C42H22N6/c43-23-24-15-17-26(18-16-24)39-30-12-7-21-44-41(30)46-42(45-39)48-34-20-19-25-8-1-2-9-27(25)36(34)38-35(48)22-31-28-10-3-5-13-32(28)47-33-14-6-4-11-29(33)37(38)40(31)47/h1-22H. The molecule has 0 amide bonds. The summed E-state index contributed by atoms with van der Waals surface area (Å²) in [6.07, 6.45) is 1.77. The van der Waals surface area contributed by atoms with Gasteiger partial charge in [0.05, 0.1) is 44.9 Å². The number of aromatic nitrogens is 5. The van der Waals surface area contributed by atoms with Crippen LogP contribution in [0, 0.1) is 11.3 Å². The average molecular weight is 611 g/mol. The zero-order valence-corrected chi connectivity index (χ0v) is 25.4. The summed E-state index contributed by atoms with van der Waals surface area (Å²) >= 11 is 0.